The first-order chi connectivity index (χ1) is 12.3. The van der Waals surface area contributed by atoms with Crippen molar-refractivity contribution in [1.29, 1.82) is 0 Å². The summed E-state index contributed by atoms with van der Waals surface area (Å²) >= 11 is 0. The molecule has 1 aromatic heterocycles. The Bertz CT molecular complexity index is 691. The smallest absolute Gasteiger partial charge is 0.134 e. The highest BCUT2D eigenvalue weighted by Gasteiger charge is 2.36. The van der Waals surface area contributed by atoms with Gasteiger partial charge in [0.25, 0.3) is 0 Å². The summed E-state index contributed by atoms with van der Waals surface area (Å²) in [6, 6.07) is 13.2. The molecule has 0 saturated carbocycles. The molecule has 6 heteroatoms. The summed E-state index contributed by atoms with van der Waals surface area (Å²) in [7, 11) is 0. The van der Waals surface area contributed by atoms with Crippen molar-refractivity contribution in [2.24, 2.45) is 11.8 Å². The molecule has 0 amide bonds. The molecule has 2 aliphatic rings. The number of benzene rings is 1. The van der Waals surface area contributed by atoms with E-state index >= 15 is 0 Å². The van der Waals surface area contributed by atoms with Crippen molar-refractivity contribution in [3.05, 3.63) is 48.3 Å². The molecular formula is C19H26N6. The van der Waals surface area contributed by atoms with E-state index in [-0.39, 0.29) is 0 Å². The zero-order valence-corrected chi connectivity index (χ0v) is 14.4. The molecule has 3 heterocycles. The van der Waals surface area contributed by atoms with Gasteiger partial charge < -0.3 is 10.6 Å². The molecule has 0 radical (unpaired) electrons. The maximum absolute atomic E-state index is 5.83. The van der Waals surface area contributed by atoms with Gasteiger partial charge in [-0.1, -0.05) is 30.3 Å². The van der Waals surface area contributed by atoms with Crippen molar-refractivity contribution in [2.75, 3.05) is 30.3 Å². The number of anilines is 2. The maximum Gasteiger partial charge on any atom is 0.134 e. The zero-order valence-electron chi connectivity index (χ0n) is 14.4. The van der Waals surface area contributed by atoms with E-state index in [0.29, 0.717) is 23.7 Å². The zero-order chi connectivity index (χ0) is 17.1. The van der Waals surface area contributed by atoms with E-state index < -0.39 is 0 Å². The summed E-state index contributed by atoms with van der Waals surface area (Å²) in [5.41, 5.74) is 14.2. The van der Waals surface area contributed by atoms with Crippen LogP contribution in [0.4, 0.5) is 11.6 Å². The van der Waals surface area contributed by atoms with E-state index in [0.717, 1.165) is 31.9 Å². The Hall–Kier alpha value is -2.18. The van der Waals surface area contributed by atoms with Crippen LogP contribution in [0, 0.1) is 11.8 Å². The van der Waals surface area contributed by atoms with Crippen LogP contribution in [0.3, 0.4) is 0 Å². The number of hydrogen-bond acceptors (Lipinski definition) is 6. The maximum atomic E-state index is 5.83. The van der Waals surface area contributed by atoms with Crippen molar-refractivity contribution in [1.82, 2.24) is 20.8 Å². The Labute approximate surface area is 148 Å². The fourth-order valence-corrected chi connectivity index (χ4v) is 4.22. The highest BCUT2D eigenvalue weighted by atomic mass is 15.4. The fraction of sp³-hybridized carbons (Fsp3) is 0.474. The van der Waals surface area contributed by atoms with Gasteiger partial charge in [0.2, 0.25) is 0 Å². The molecule has 0 spiro atoms. The van der Waals surface area contributed by atoms with Gasteiger partial charge in [-0.2, -0.15) is 0 Å². The number of nitrogens with two attached hydrogens (primary N) is 1. The van der Waals surface area contributed by atoms with Crippen LogP contribution in [0.25, 0.3) is 0 Å². The lowest BCUT2D eigenvalue weighted by Gasteiger charge is -2.38. The Morgan fingerprint density at radius 2 is 2.08 bits per heavy atom. The van der Waals surface area contributed by atoms with Crippen molar-refractivity contribution in [3.63, 3.8) is 0 Å². The Morgan fingerprint density at radius 3 is 2.92 bits per heavy atom. The average Bonchev–Trinajstić information content (AvgIpc) is 3.11. The predicted molar refractivity (Wildman–Crippen MR) is 99.9 cm³/mol. The summed E-state index contributed by atoms with van der Waals surface area (Å²) in [5.74, 6) is 2.70. The molecular weight excluding hydrogens is 312 g/mol. The lowest BCUT2D eigenvalue weighted by Crippen LogP contribution is -2.47. The largest absolute Gasteiger partial charge is 0.384 e. The van der Waals surface area contributed by atoms with Crippen LogP contribution in [0.5, 0.6) is 0 Å². The molecule has 25 heavy (non-hydrogen) atoms. The molecule has 4 rings (SSSR count). The minimum Gasteiger partial charge on any atom is -0.384 e. The van der Waals surface area contributed by atoms with Gasteiger partial charge in [-0.3, -0.25) is 10.9 Å². The van der Waals surface area contributed by atoms with Crippen LogP contribution in [0.2, 0.25) is 0 Å². The van der Waals surface area contributed by atoms with E-state index in [2.05, 4.69) is 56.1 Å². The third-order valence-corrected chi connectivity index (χ3v) is 5.45. The standard InChI is InChI=1S/C19H26N6/c20-17-10-18(22-13-21-17)25-8-4-7-15(12-25)19-16(11-23-24-19)9-14-5-2-1-3-6-14/h1-3,5-6,10,13,15-16,19,23-24H,4,7-9,11-12H2,(H2,20,21,22). The van der Waals surface area contributed by atoms with Gasteiger partial charge in [-0.25, -0.2) is 9.97 Å². The minimum atomic E-state index is 0.488. The third kappa shape index (κ3) is 3.75. The number of nitrogens with zero attached hydrogens (tertiary/aromatic N) is 3. The van der Waals surface area contributed by atoms with Gasteiger partial charge >= 0.3 is 0 Å². The molecule has 132 valence electrons. The van der Waals surface area contributed by atoms with Crippen LogP contribution in [-0.2, 0) is 6.42 Å². The minimum absolute atomic E-state index is 0.488. The highest BCUT2D eigenvalue weighted by molar-refractivity contribution is 5.46. The quantitative estimate of drug-likeness (QED) is 0.786. The number of aromatic nitrogens is 2. The second-order valence-electron chi connectivity index (χ2n) is 7.15. The number of nitrogen functional groups attached to an aromatic ring is 1. The Balaban J connectivity index is 1.45. The van der Waals surface area contributed by atoms with Crippen molar-refractivity contribution >= 4 is 11.6 Å². The molecule has 1 aromatic carbocycles. The molecule has 6 nitrogen and oxygen atoms in total. The first kappa shape index (κ1) is 16.3. The Kier molecular flexibility index (Phi) is 4.81. The van der Waals surface area contributed by atoms with Gasteiger partial charge in [0.05, 0.1) is 0 Å². The second kappa shape index (κ2) is 7.37. The lowest BCUT2D eigenvalue weighted by atomic mass is 9.81. The van der Waals surface area contributed by atoms with Crippen LogP contribution in [0.15, 0.2) is 42.7 Å². The van der Waals surface area contributed by atoms with E-state index in [1.807, 2.05) is 6.07 Å². The summed E-state index contributed by atoms with van der Waals surface area (Å²) in [5, 5.41) is 0. The first-order valence-corrected chi connectivity index (χ1v) is 9.14. The molecule has 2 fully saturated rings. The van der Waals surface area contributed by atoms with Crippen molar-refractivity contribution in [2.45, 2.75) is 25.3 Å². The predicted octanol–water partition coefficient (Wildman–Crippen LogP) is 1.61. The average molecular weight is 338 g/mol. The summed E-state index contributed by atoms with van der Waals surface area (Å²) in [4.78, 5) is 10.8. The van der Waals surface area contributed by atoms with E-state index in [9.17, 15) is 0 Å². The monoisotopic (exact) mass is 338 g/mol. The van der Waals surface area contributed by atoms with Crippen LogP contribution in [-0.4, -0.2) is 35.6 Å². The van der Waals surface area contributed by atoms with E-state index in [1.165, 1.54) is 18.4 Å². The van der Waals surface area contributed by atoms with Crippen molar-refractivity contribution in [3.8, 4) is 0 Å². The molecule has 3 unspecified atom stereocenters. The van der Waals surface area contributed by atoms with E-state index in [1.54, 1.807) is 6.33 Å². The summed E-state index contributed by atoms with van der Waals surface area (Å²) in [6.07, 6.45) is 5.11. The number of piperidine rings is 1. The fourth-order valence-electron chi connectivity index (χ4n) is 4.22. The van der Waals surface area contributed by atoms with Gasteiger partial charge in [0.1, 0.15) is 18.0 Å². The molecule has 3 atom stereocenters. The van der Waals surface area contributed by atoms with Gasteiger partial charge in [-0.15, -0.1) is 0 Å². The molecule has 0 aliphatic carbocycles. The third-order valence-electron chi connectivity index (χ3n) is 5.45. The van der Waals surface area contributed by atoms with Gasteiger partial charge in [0, 0.05) is 31.7 Å². The molecule has 2 saturated heterocycles. The molecule has 0 bridgehead atoms. The van der Waals surface area contributed by atoms with Crippen LogP contribution in [0.1, 0.15) is 18.4 Å². The first-order valence-electron chi connectivity index (χ1n) is 9.14. The van der Waals surface area contributed by atoms with Crippen LogP contribution >= 0.6 is 0 Å². The summed E-state index contributed by atoms with van der Waals surface area (Å²) < 4.78 is 0. The molecule has 2 aromatic rings. The number of nitrogens with one attached hydrogen (secondary N) is 2. The number of hydrogen-bond donors (Lipinski definition) is 3. The second-order valence-corrected chi connectivity index (χ2v) is 7.15. The highest BCUT2D eigenvalue weighted by Crippen LogP contribution is 2.29. The summed E-state index contributed by atoms with van der Waals surface area (Å²) in [6.45, 7) is 3.08. The molecule has 4 N–H and O–H groups in total. The Morgan fingerprint density at radius 1 is 1.20 bits per heavy atom. The van der Waals surface area contributed by atoms with Crippen molar-refractivity contribution < 1.29 is 0 Å². The molecule has 2 aliphatic heterocycles. The van der Waals surface area contributed by atoms with Gasteiger partial charge in [0.15, 0.2) is 0 Å². The number of hydrazine groups is 1. The lowest BCUT2D eigenvalue weighted by molar-refractivity contribution is 0.275. The van der Waals surface area contributed by atoms with E-state index in [4.69, 9.17) is 5.73 Å². The topological polar surface area (TPSA) is 79.1 Å². The van der Waals surface area contributed by atoms with Gasteiger partial charge in [-0.05, 0) is 36.7 Å². The SMILES string of the molecule is Nc1cc(N2CCCC(C3NNCC3Cc3ccccc3)C2)ncn1. The normalized spacial score (nSPS) is 26.7. The van der Waals surface area contributed by atoms with Crippen LogP contribution < -0.4 is 21.5 Å². The number of rotatable bonds is 4.